The molecule has 170 valence electrons. The molecule has 8 nitrogen and oxygen atoms in total. The predicted molar refractivity (Wildman–Crippen MR) is 111 cm³/mol. The van der Waals surface area contributed by atoms with Gasteiger partial charge in [-0.05, 0) is 32.9 Å². The minimum absolute atomic E-state index is 0.158. The number of benzene rings is 1. The Bertz CT molecular complexity index is 846. The molecule has 1 aromatic carbocycles. The number of halogens is 1. The maximum absolute atomic E-state index is 14.9. The molecule has 2 atom stereocenters. The second-order valence-electron chi connectivity index (χ2n) is 8.93. The largest absolute Gasteiger partial charge is 0.444 e. The summed E-state index contributed by atoms with van der Waals surface area (Å²) in [6.07, 6.45) is -0.407. The molecule has 3 rings (SSSR count). The molecular weight excluding hydrogens is 405 g/mol. The van der Waals surface area contributed by atoms with Gasteiger partial charge in [-0.2, -0.15) is 0 Å². The van der Waals surface area contributed by atoms with E-state index in [0.29, 0.717) is 39.3 Å². The maximum atomic E-state index is 14.9. The first-order valence-corrected chi connectivity index (χ1v) is 10.4. The van der Waals surface area contributed by atoms with Gasteiger partial charge >= 0.3 is 6.09 Å². The summed E-state index contributed by atoms with van der Waals surface area (Å²) in [6, 6.07) is 4.25. The number of rotatable bonds is 4. The van der Waals surface area contributed by atoms with Crippen LogP contribution in [0.1, 0.15) is 42.6 Å². The number of amides is 3. The third-order valence-electron chi connectivity index (χ3n) is 5.47. The number of hydrogen-bond acceptors (Lipinski definition) is 5. The maximum Gasteiger partial charge on any atom is 0.410 e. The summed E-state index contributed by atoms with van der Waals surface area (Å²) >= 11 is 0. The molecule has 0 aromatic heterocycles. The van der Waals surface area contributed by atoms with E-state index in [-0.39, 0.29) is 28.9 Å². The van der Waals surface area contributed by atoms with E-state index in [1.54, 1.807) is 43.7 Å². The smallest absolute Gasteiger partial charge is 0.410 e. The number of carbonyl (C=O) groups excluding carboxylic acids is 3. The predicted octanol–water partition coefficient (Wildman–Crippen LogP) is 1.99. The molecule has 2 fully saturated rings. The molecule has 0 spiro atoms. The van der Waals surface area contributed by atoms with Crippen molar-refractivity contribution in [1.29, 1.82) is 0 Å². The highest BCUT2D eigenvalue weighted by atomic mass is 19.1. The van der Waals surface area contributed by atoms with Crippen molar-refractivity contribution in [2.75, 3.05) is 46.4 Å². The summed E-state index contributed by atoms with van der Waals surface area (Å²) in [5.41, 5.74) is -0.0982. The van der Waals surface area contributed by atoms with Crippen LogP contribution in [-0.4, -0.2) is 79.7 Å². The van der Waals surface area contributed by atoms with Crippen LogP contribution in [0.15, 0.2) is 18.2 Å². The summed E-state index contributed by atoms with van der Waals surface area (Å²) in [6.45, 7) is 7.54. The molecule has 2 heterocycles. The number of piperazine rings is 1. The molecule has 1 unspecified atom stereocenters. The second kappa shape index (κ2) is 9.21. The molecule has 2 aliphatic heterocycles. The van der Waals surface area contributed by atoms with Crippen molar-refractivity contribution in [2.45, 2.75) is 32.3 Å². The van der Waals surface area contributed by atoms with Gasteiger partial charge in [-0.25, -0.2) is 9.18 Å². The third kappa shape index (κ3) is 5.33. The van der Waals surface area contributed by atoms with Gasteiger partial charge < -0.3 is 24.6 Å². The van der Waals surface area contributed by atoms with Crippen molar-refractivity contribution < 1.29 is 28.2 Å². The minimum Gasteiger partial charge on any atom is -0.444 e. The van der Waals surface area contributed by atoms with E-state index in [1.165, 1.54) is 12.1 Å². The molecule has 2 saturated heterocycles. The molecule has 0 aliphatic carbocycles. The zero-order valence-electron chi connectivity index (χ0n) is 18.4. The summed E-state index contributed by atoms with van der Waals surface area (Å²) < 4.78 is 25.4. The van der Waals surface area contributed by atoms with Gasteiger partial charge in [0.25, 0.3) is 5.91 Å². The van der Waals surface area contributed by atoms with Crippen LogP contribution in [-0.2, 0) is 14.3 Å². The molecule has 3 amide bonds. The van der Waals surface area contributed by atoms with Crippen LogP contribution in [0.4, 0.5) is 9.18 Å². The number of carbonyl (C=O) groups is 3. The lowest BCUT2D eigenvalue weighted by molar-refractivity contribution is -0.120. The van der Waals surface area contributed by atoms with Gasteiger partial charge in [0, 0.05) is 56.9 Å². The van der Waals surface area contributed by atoms with E-state index < -0.39 is 23.4 Å². The van der Waals surface area contributed by atoms with E-state index >= 15 is 0 Å². The fourth-order valence-electron chi connectivity index (χ4n) is 3.95. The number of hydrogen-bond donors (Lipinski definition) is 1. The summed E-state index contributed by atoms with van der Waals surface area (Å²) in [7, 11) is 1.54. The van der Waals surface area contributed by atoms with Gasteiger partial charge in [0.2, 0.25) is 5.91 Å². The molecule has 1 aromatic rings. The van der Waals surface area contributed by atoms with Crippen LogP contribution in [0.3, 0.4) is 0 Å². The van der Waals surface area contributed by atoms with Crippen LogP contribution >= 0.6 is 0 Å². The molecule has 2 aliphatic rings. The number of nitrogens with one attached hydrogen (secondary N) is 1. The van der Waals surface area contributed by atoms with Gasteiger partial charge in [0.15, 0.2) is 0 Å². The first kappa shape index (κ1) is 23.0. The summed E-state index contributed by atoms with van der Waals surface area (Å²) in [5, 5.41) is 2.74. The lowest BCUT2D eigenvalue weighted by Gasteiger charge is -2.35. The van der Waals surface area contributed by atoms with Crippen molar-refractivity contribution >= 4 is 17.9 Å². The van der Waals surface area contributed by atoms with Crippen molar-refractivity contribution in [1.82, 2.24) is 15.1 Å². The fourth-order valence-corrected chi connectivity index (χ4v) is 3.95. The van der Waals surface area contributed by atoms with Crippen LogP contribution in [0.5, 0.6) is 0 Å². The Morgan fingerprint density at radius 3 is 2.39 bits per heavy atom. The highest BCUT2D eigenvalue weighted by Crippen LogP contribution is 2.31. The van der Waals surface area contributed by atoms with Crippen molar-refractivity contribution in [3.8, 4) is 0 Å². The second-order valence-corrected chi connectivity index (χ2v) is 8.93. The molecule has 31 heavy (non-hydrogen) atoms. The monoisotopic (exact) mass is 435 g/mol. The Morgan fingerprint density at radius 1 is 1.16 bits per heavy atom. The third-order valence-corrected chi connectivity index (χ3v) is 5.47. The Kier molecular flexibility index (Phi) is 6.83. The van der Waals surface area contributed by atoms with E-state index in [2.05, 4.69) is 5.32 Å². The van der Waals surface area contributed by atoms with E-state index in [0.717, 1.165) is 0 Å². The van der Waals surface area contributed by atoms with E-state index in [9.17, 15) is 18.8 Å². The average molecular weight is 435 g/mol. The van der Waals surface area contributed by atoms with Crippen molar-refractivity contribution in [3.05, 3.63) is 35.1 Å². The molecule has 0 saturated carbocycles. The van der Waals surface area contributed by atoms with E-state index in [4.69, 9.17) is 9.47 Å². The Morgan fingerprint density at radius 2 is 1.81 bits per heavy atom. The highest BCUT2D eigenvalue weighted by molar-refractivity contribution is 5.95. The number of nitrogens with zero attached hydrogens (tertiary/aromatic N) is 2. The zero-order chi connectivity index (χ0) is 22.8. The fraction of sp³-hybridized carbons (Fsp3) is 0.591. The standard InChI is InChI=1S/C22H30FN3O5/c1-22(2,3)31-21(29)26-9-7-25(8-10-26)20(28)14-5-6-16(17(23)11-14)18-15(13-30-4)12-24-19(18)27/h5-6,11,15,18H,7-10,12-13H2,1-4H3,(H,24,27)/t15?,18-/m1/s1. The minimum atomic E-state index is -0.638. The van der Waals surface area contributed by atoms with Crippen molar-refractivity contribution in [2.24, 2.45) is 5.92 Å². The number of methoxy groups -OCH3 is 1. The van der Waals surface area contributed by atoms with Crippen LogP contribution < -0.4 is 5.32 Å². The quantitative estimate of drug-likeness (QED) is 0.782. The van der Waals surface area contributed by atoms with Crippen LogP contribution in [0.2, 0.25) is 0 Å². The van der Waals surface area contributed by atoms with Crippen LogP contribution in [0, 0.1) is 11.7 Å². The highest BCUT2D eigenvalue weighted by Gasteiger charge is 2.37. The van der Waals surface area contributed by atoms with Gasteiger partial charge in [0.05, 0.1) is 12.5 Å². The molecule has 0 radical (unpaired) electrons. The number of ether oxygens (including phenoxy) is 2. The Labute approximate surface area is 181 Å². The van der Waals surface area contributed by atoms with Gasteiger partial charge in [0.1, 0.15) is 11.4 Å². The van der Waals surface area contributed by atoms with Gasteiger partial charge in [-0.1, -0.05) is 6.07 Å². The van der Waals surface area contributed by atoms with E-state index in [1.807, 2.05) is 0 Å². The summed E-state index contributed by atoms with van der Waals surface area (Å²) in [4.78, 5) is 40.4. The molecule has 9 heteroatoms. The molecular formula is C22H30FN3O5. The molecule has 1 N–H and O–H groups in total. The first-order valence-electron chi connectivity index (χ1n) is 10.4. The molecule has 0 bridgehead atoms. The average Bonchev–Trinajstić information content (AvgIpc) is 3.06. The van der Waals surface area contributed by atoms with Gasteiger partial charge in [-0.3, -0.25) is 9.59 Å². The van der Waals surface area contributed by atoms with Crippen LogP contribution in [0.25, 0.3) is 0 Å². The zero-order valence-corrected chi connectivity index (χ0v) is 18.4. The first-order chi connectivity index (χ1) is 14.6. The lowest BCUT2D eigenvalue weighted by Crippen LogP contribution is -2.51. The van der Waals surface area contributed by atoms with Gasteiger partial charge in [-0.15, -0.1) is 0 Å². The summed E-state index contributed by atoms with van der Waals surface area (Å²) in [5.74, 6) is -1.92. The van der Waals surface area contributed by atoms with Crippen molar-refractivity contribution in [3.63, 3.8) is 0 Å². The SMILES string of the molecule is COCC1CNC(=O)[C@H]1c1ccc(C(=O)N2CCN(C(=O)OC(C)(C)C)CC2)cc1F. The topological polar surface area (TPSA) is 88.2 Å². The normalized spacial score (nSPS) is 21.8. The lowest BCUT2D eigenvalue weighted by atomic mass is 9.88. The Balaban J connectivity index is 1.65. The Hall–Kier alpha value is -2.68.